The SMILES string of the molecule is Cc1cc(NC(=O)Nc2cc(Cl)cc(Cl)c2)c(C)cc1O. The molecule has 0 aliphatic heterocycles. The van der Waals surface area contributed by atoms with Crippen molar-refractivity contribution in [1.82, 2.24) is 0 Å². The van der Waals surface area contributed by atoms with Crippen LogP contribution >= 0.6 is 23.2 Å². The molecular weight excluding hydrogens is 311 g/mol. The molecule has 2 amide bonds. The molecule has 0 spiro atoms. The second kappa shape index (κ2) is 6.24. The lowest BCUT2D eigenvalue weighted by atomic mass is 10.1. The highest BCUT2D eigenvalue weighted by atomic mass is 35.5. The summed E-state index contributed by atoms with van der Waals surface area (Å²) >= 11 is 11.7. The van der Waals surface area contributed by atoms with E-state index in [4.69, 9.17) is 23.2 Å². The van der Waals surface area contributed by atoms with E-state index in [2.05, 4.69) is 10.6 Å². The van der Waals surface area contributed by atoms with Crippen LogP contribution in [0.25, 0.3) is 0 Å². The molecule has 0 aliphatic rings. The van der Waals surface area contributed by atoms with Crippen molar-refractivity contribution in [2.24, 2.45) is 0 Å². The van der Waals surface area contributed by atoms with Crippen LogP contribution in [0, 0.1) is 13.8 Å². The first-order chi connectivity index (χ1) is 9.85. The molecule has 3 N–H and O–H groups in total. The molecule has 0 fully saturated rings. The van der Waals surface area contributed by atoms with Gasteiger partial charge in [-0.15, -0.1) is 0 Å². The molecule has 0 unspecified atom stereocenters. The molecule has 21 heavy (non-hydrogen) atoms. The van der Waals surface area contributed by atoms with Crippen LogP contribution in [-0.4, -0.2) is 11.1 Å². The number of aryl methyl sites for hydroxylation is 2. The van der Waals surface area contributed by atoms with Gasteiger partial charge in [-0.1, -0.05) is 23.2 Å². The minimum atomic E-state index is -0.415. The molecule has 2 aromatic carbocycles. The number of carbonyl (C=O) groups is 1. The van der Waals surface area contributed by atoms with Gasteiger partial charge in [-0.2, -0.15) is 0 Å². The summed E-state index contributed by atoms with van der Waals surface area (Å²) in [6.45, 7) is 3.56. The van der Waals surface area contributed by atoms with Gasteiger partial charge in [-0.05, 0) is 55.3 Å². The van der Waals surface area contributed by atoms with Gasteiger partial charge in [0.25, 0.3) is 0 Å². The lowest BCUT2D eigenvalue weighted by Crippen LogP contribution is -2.20. The fourth-order valence-electron chi connectivity index (χ4n) is 1.85. The Labute approximate surface area is 132 Å². The molecule has 0 saturated heterocycles. The van der Waals surface area contributed by atoms with Crippen LogP contribution in [0.15, 0.2) is 30.3 Å². The van der Waals surface area contributed by atoms with Crippen LogP contribution in [0.4, 0.5) is 16.2 Å². The maximum absolute atomic E-state index is 12.0. The largest absolute Gasteiger partial charge is 0.508 e. The standard InChI is InChI=1S/C15H14Cl2N2O2/c1-8-4-14(20)9(2)3-13(8)19-15(21)18-12-6-10(16)5-11(17)7-12/h3-7,20H,1-2H3,(H2,18,19,21). The molecule has 0 aromatic heterocycles. The van der Waals surface area contributed by atoms with E-state index in [1.807, 2.05) is 0 Å². The van der Waals surface area contributed by atoms with Crippen LogP contribution in [0.3, 0.4) is 0 Å². The van der Waals surface area contributed by atoms with Gasteiger partial charge in [-0.3, -0.25) is 0 Å². The number of phenols is 1. The van der Waals surface area contributed by atoms with Gasteiger partial charge >= 0.3 is 6.03 Å². The minimum absolute atomic E-state index is 0.195. The van der Waals surface area contributed by atoms with E-state index in [1.165, 1.54) is 0 Å². The predicted octanol–water partition coefficient (Wildman–Crippen LogP) is 4.96. The topological polar surface area (TPSA) is 61.4 Å². The molecule has 6 heteroatoms. The number of rotatable bonds is 2. The van der Waals surface area contributed by atoms with Gasteiger partial charge in [0, 0.05) is 21.4 Å². The summed E-state index contributed by atoms with van der Waals surface area (Å²) in [5, 5.41) is 15.8. The van der Waals surface area contributed by atoms with Crippen LogP contribution in [-0.2, 0) is 0 Å². The fraction of sp³-hybridized carbons (Fsp3) is 0.133. The Balaban J connectivity index is 2.13. The molecule has 0 radical (unpaired) electrons. The van der Waals surface area contributed by atoms with Crippen molar-refractivity contribution < 1.29 is 9.90 Å². The van der Waals surface area contributed by atoms with Gasteiger partial charge in [0.2, 0.25) is 0 Å². The molecule has 4 nitrogen and oxygen atoms in total. The first kappa shape index (κ1) is 15.5. The van der Waals surface area contributed by atoms with E-state index >= 15 is 0 Å². The molecule has 2 aromatic rings. The van der Waals surface area contributed by atoms with Crippen LogP contribution in [0.1, 0.15) is 11.1 Å². The zero-order valence-corrected chi connectivity index (χ0v) is 13.0. The number of phenolic OH excluding ortho intramolecular Hbond substituents is 1. The van der Waals surface area contributed by atoms with Crippen molar-refractivity contribution in [2.75, 3.05) is 10.6 Å². The van der Waals surface area contributed by atoms with Gasteiger partial charge in [0.15, 0.2) is 0 Å². The fourth-order valence-corrected chi connectivity index (χ4v) is 2.37. The maximum atomic E-state index is 12.0. The van der Waals surface area contributed by atoms with E-state index in [-0.39, 0.29) is 5.75 Å². The van der Waals surface area contributed by atoms with Crippen LogP contribution < -0.4 is 10.6 Å². The van der Waals surface area contributed by atoms with E-state index in [9.17, 15) is 9.90 Å². The summed E-state index contributed by atoms with van der Waals surface area (Å²) in [6.07, 6.45) is 0. The third-order valence-corrected chi connectivity index (χ3v) is 3.35. The van der Waals surface area contributed by atoms with Crippen LogP contribution in [0.2, 0.25) is 10.0 Å². The lowest BCUT2D eigenvalue weighted by molar-refractivity contribution is 0.262. The molecule has 0 saturated carbocycles. The average molecular weight is 325 g/mol. The third-order valence-electron chi connectivity index (χ3n) is 2.91. The van der Waals surface area contributed by atoms with Crippen molar-refractivity contribution in [1.29, 1.82) is 0 Å². The second-order valence-electron chi connectivity index (χ2n) is 4.69. The number of amides is 2. The Bertz CT molecular complexity index is 682. The minimum Gasteiger partial charge on any atom is -0.508 e. The highest BCUT2D eigenvalue weighted by molar-refractivity contribution is 6.35. The molecule has 0 aliphatic carbocycles. The number of nitrogens with one attached hydrogen (secondary N) is 2. The van der Waals surface area contributed by atoms with E-state index in [0.717, 1.165) is 5.56 Å². The van der Waals surface area contributed by atoms with Gasteiger partial charge in [-0.25, -0.2) is 4.79 Å². The number of hydrogen-bond acceptors (Lipinski definition) is 2. The molecule has 110 valence electrons. The number of hydrogen-bond donors (Lipinski definition) is 3. The molecule has 0 heterocycles. The summed E-state index contributed by atoms with van der Waals surface area (Å²) in [7, 11) is 0. The molecular formula is C15H14Cl2N2O2. The van der Waals surface area contributed by atoms with E-state index < -0.39 is 6.03 Å². The van der Waals surface area contributed by atoms with E-state index in [0.29, 0.717) is 27.0 Å². The number of halogens is 2. The Kier molecular flexibility index (Phi) is 4.60. The highest BCUT2D eigenvalue weighted by Gasteiger charge is 2.08. The van der Waals surface area contributed by atoms with Crippen molar-refractivity contribution in [2.45, 2.75) is 13.8 Å². The smallest absolute Gasteiger partial charge is 0.323 e. The van der Waals surface area contributed by atoms with Crippen molar-refractivity contribution in [3.63, 3.8) is 0 Å². The van der Waals surface area contributed by atoms with Crippen molar-refractivity contribution >= 4 is 40.6 Å². The zero-order valence-electron chi connectivity index (χ0n) is 11.5. The molecule has 0 atom stereocenters. The second-order valence-corrected chi connectivity index (χ2v) is 5.56. The van der Waals surface area contributed by atoms with Gasteiger partial charge < -0.3 is 15.7 Å². The van der Waals surface area contributed by atoms with Gasteiger partial charge in [0.1, 0.15) is 5.75 Å². The predicted molar refractivity (Wildman–Crippen MR) is 86.7 cm³/mol. The van der Waals surface area contributed by atoms with E-state index in [1.54, 1.807) is 44.2 Å². The number of aromatic hydroxyl groups is 1. The zero-order chi connectivity index (χ0) is 15.6. The Hall–Kier alpha value is -1.91. The number of anilines is 2. The normalized spacial score (nSPS) is 10.3. The Morgan fingerprint density at radius 3 is 2.19 bits per heavy atom. The lowest BCUT2D eigenvalue weighted by Gasteiger charge is -2.12. The number of benzene rings is 2. The summed E-state index contributed by atoms with van der Waals surface area (Å²) in [4.78, 5) is 12.0. The van der Waals surface area contributed by atoms with Crippen molar-refractivity contribution in [3.05, 3.63) is 51.5 Å². The highest BCUT2D eigenvalue weighted by Crippen LogP contribution is 2.26. The third kappa shape index (κ3) is 4.03. The first-order valence-electron chi connectivity index (χ1n) is 6.19. The summed E-state index contributed by atoms with van der Waals surface area (Å²) in [6, 6.07) is 7.67. The Morgan fingerprint density at radius 2 is 1.57 bits per heavy atom. The first-order valence-corrected chi connectivity index (χ1v) is 6.95. The van der Waals surface area contributed by atoms with Crippen LogP contribution in [0.5, 0.6) is 5.75 Å². The quantitative estimate of drug-likeness (QED) is 0.683. The molecule has 2 rings (SSSR count). The maximum Gasteiger partial charge on any atom is 0.323 e. The summed E-state index contributed by atoms with van der Waals surface area (Å²) in [5.41, 5.74) is 2.56. The summed E-state index contributed by atoms with van der Waals surface area (Å²) < 4.78 is 0. The van der Waals surface area contributed by atoms with Crippen molar-refractivity contribution in [3.8, 4) is 5.75 Å². The number of urea groups is 1. The summed E-state index contributed by atoms with van der Waals surface area (Å²) in [5.74, 6) is 0.195. The Morgan fingerprint density at radius 1 is 0.952 bits per heavy atom. The van der Waals surface area contributed by atoms with Gasteiger partial charge in [0.05, 0.1) is 0 Å². The number of carbonyl (C=O) groups excluding carboxylic acids is 1. The monoisotopic (exact) mass is 324 g/mol. The molecule has 0 bridgehead atoms. The average Bonchev–Trinajstić information content (AvgIpc) is 2.34.